The average molecular weight is 214 g/mol. The Morgan fingerprint density at radius 2 is 1.86 bits per heavy atom. The molecule has 1 rings (SSSR count). The fourth-order valence-electron chi connectivity index (χ4n) is 1.49. The van der Waals surface area contributed by atoms with Gasteiger partial charge in [-0.15, -0.1) is 0 Å². The molecule has 0 fully saturated rings. The highest BCUT2D eigenvalue weighted by Crippen LogP contribution is 2.09. The molecule has 0 aromatic carbocycles. The summed E-state index contributed by atoms with van der Waals surface area (Å²) in [4.78, 5) is 4.80. The Bertz CT molecular complexity index is 171. The molecule has 0 N–H and O–H groups in total. The largest absolute Gasteiger partial charge is 0.359 e. The third-order valence-electron chi connectivity index (χ3n) is 2.38. The summed E-state index contributed by atoms with van der Waals surface area (Å²) in [6, 6.07) is 0. The van der Waals surface area contributed by atoms with Crippen LogP contribution in [-0.4, -0.2) is 41.1 Å². The molecule has 2 nitrogen and oxygen atoms in total. The summed E-state index contributed by atoms with van der Waals surface area (Å²) in [6.07, 6.45) is 7.05. The lowest BCUT2D eigenvalue weighted by Crippen LogP contribution is -2.27. The Hall–Kier alpha value is -0.310. The number of thioether (sulfide) groups is 1. The fraction of sp³-hybridized carbons (Fsp3) is 0.818. The van der Waals surface area contributed by atoms with Crippen LogP contribution in [0.15, 0.2) is 12.4 Å². The summed E-state index contributed by atoms with van der Waals surface area (Å²) in [5, 5.41) is 0. The van der Waals surface area contributed by atoms with Gasteiger partial charge < -0.3 is 9.80 Å². The predicted octanol–water partition coefficient (Wildman–Crippen LogP) is 2.59. The maximum Gasteiger partial charge on any atom is 0.0894 e. The lowest BCUT2D eigenvalue weighted by Gasteiger charge is -2.20. The predicted molar refractivity (Wildman–Crippen MR) is 65.3 cm³/mol. The highest BCUT2D eigenvalue weighted by atomic mass is 32.2. The van der Waals surface area contributed by atoms with Gasteiger partial charge >= 0.3 is 0 Å². The molecule has 1 aliphatic heterocycles. The molecular formula is C11H22N2S. The van der Waals surface area contributed by atoms with E-state index in [1.165, 1.54) is 37.4 Å². The van der Waals surface area contributed by atoms with Gasteiger partial charge in [-0.1, -0.05) is 20.3 Å². The lowest BCUT2D eigenvalue weighted by molar-refractivity contribution is 0.272. The summed E-state index contributed by atoms with van der Waals surface area (Å²) < 4.78 is 0. The van der Waals surface area contributed by atoms with Crippen LogP contribution in [0.4, 0.5) is 0 Å². The number of hydrogen-bond acceptors (Lipinski definition) is 3. The van der Waals surface area contributed by atoms with Gasteiger partial charge in [-0.25, -0.2) is 0 Å². The van der Waals surface area contributed by atoms with Gasteiger partial charge in [-0.05, 0) is 12.2 Å². The van der Waals surface area contributed by atoms with Crippen molar-refractivity contribution in [2.45, 2.75) is 26.7 Å². The SMILES string of the molecule is CCCCN1C=CN(CCSCC)C1. The van der Waals surface area contributed by atoms with Crippen LogP contribution in [0.2, 0.25) is 0 Å². The zero-order chi connectivity index (χ0) is 10.2. The zero-order valence-corrected chi connectivity index (χ0v) is 10.2. The van der Waals surface area contributed by atoms with Crippen molar-refractivity contribution in [2.75, 3.05) is 31.3 Å². The van der Waals surface area contributed by atoms with E-state index in [4.69, 9.17) is 0 Å². The molecule has 14 heavy (non-hydrogen) atoms. The Kier molecular flexibility index (Phi) is 5.92. The van der Waals surface area contributed by atoms with E-state index in [1.807, 2.05) is 11.8 Å². The first kappa shape index (κ1) is 11.8. The van der Waals surface area contributed by atoms with Crippen molar-refractivity contribution in [3.8, 4) is 0 Å². The Morgan fingerprint density at radius 3 is 2.50 bits per heavy atom. The molecule has 1 heterocycles. The molecule has 0 aromatic rings. The third kappa shape index (κ3) is 4.27. The highest BCUT2D eigenvalue weighted by Gasteiger charge is 2.10. The molecule has 1 aliphatic rings. The van der Waals surface area contributed by atoms with Gasteiger partial charge in [0.1, 0.15) is 0 Å². The fourth-order valence-corrected chi connectivity index (χ4v) is 2.15. The van der Waals surface area contributed by atoms with E-state index < -0.39 is 0 Å². The minimum Gasteiger partial charge on any atom is -0.359 e. The first-order chi connectivity index (χ1) is 6.86. The van der Waals surface area contributed by atoms with E-state index in [2.05, 4.69) is 36.0 Å². The molecule has 3 heteroatoms. The Balaban J connectivity index is 2.06. The summed E-state index contributed by atoms with van der Waals surface area (Å²) in [5.74, 6) is 2.49. The normalized spacial score (nSPS) is 15.6. The van der Waals surface area contributed by atoms with E-state index in [0.717, 1.165) is 6.67 Å². The van der Waals surface area contributed by atoms with Gasteiger partial charge in [0.05, 0.1) is 6.67 Å². The summed E-state index contributed by atoms with van der Waals surface area (Å²) in [5.41, 5.74) is 0. The highest BCUT2D eigenvalue weighted by molar-refractivity contribution is 7.99. The standard InChI is InChI=1S/C11H22N2S/c1-3-5-6-12-7-8-13(11-12)9-10-14-4-2/h7-8H,3-6,9-11H2,1-2H3. The van der Waals surface area contributed by atoms with Crippen LogP contribution < -0.4 is 0 Å². The minimum absolute atomic E-state index is 1.10. The minimum atomic E-state index is 1.10. The van der Waals surface area contributed by atoms with Crippen LogP contribution in [0.25, 0.3) is 0 Å². The molecule has 0 unspecified atom stereocenters. The van der Waals surface area contributed by atoms with Crippen molar-refractivity contribution in [1.82, 2.24) is 9.80 Å². The molecule has 0 spiro atoms. The maximum atomic E-state index is 2.40. The second kappa shape index (κ2) is 7.04. The van der Waals surface area contributed by atoms with Crippen molar-refractivity contribution in [3.63, 3.8) is 0 Å². The second-order valence-corrected chi connectivity index (χ2v) is 5.01. The molecule has 0 bridgehead atoms. The smallest absolute Gasteiger partial charge is 0.0894 e. The van der Waals surface area contributed by atoms with Crippen LogP contribution >= 0.6 is 11.8 Å². The topological polar surface area (TPSA) is 6.48 Å². The van der Waals surface area contributed by atoms with Crippen molar-refractivity contribution < 1.29 is 0 Å². The van der Waals surface area contributed by atoms with Gasteiger partial charge in [0, 0.05) is 31.2 Å². The van der Waals surface area contributed by atoms with Crippen LogP contribution in [0.1, 0.15) is 26.7 Å². The van der Waals surface area contributed by atoms with E-state index in [0.29, 0.717) is 0 Å². The quantitative estimate of drug-likeness (QED) is 0.602. The molecule has 0 saturated carbocycles. The summed E-state index contributed by atoms with van der Waals surface area (Å²) in [7, 11) is 0. The number of hydrogen-bond donors (Lipinski definition) is 0. The first-order valence-corrected chi connectivity index (χ1v) is 6.76. The molecular weight excluding hydrogens is 192 g/mol. The molecule has 82 valence electrons. The second-order valence-electron chi connectivity index (χ2n) is 3.61. The summed E-state index contributed by atoms with van der Waals surface area (Å²) >= 11 is 2.02. The van der Waals surface area contributed by atoms with Gasteiger partial charge in [-0.2, -0.15) is 11.8 Å². The number of unbranched alkanes of at least 4 members (excludes halogenated alkanes) is 1. The van der Waals surface area contributed by atoms with Crippen molar-refractivity contribution in [2.24, 2.45) is 0 Å². The van der Waals surface area contributed by atoms with Crippen LogP contribution in [0.5, 0.6) is 0 Å². The van der Waals surface area contributed by atoms with E-state index in [9.17, 15) is 0 Å². The first-order valence-electron chi connectivity index (χ1n) is 5.61. The number of rotatable bonds is 7. The molecule has 0 atom stereocenters. The van der Waals surface area contributed by atoms with Crippen molar-refractivity contribution in [1.29, 1.82) is 0 Å². The Labute approximate surface area is 92.3 Å². The zero-order valence-electron chi connectivity index (χ0n) is 9.41. The average Bonchev–Trinajstić information content (AvgIpc) is 2.63. The third-order valence-corrected chi connectivity index (χ3v) is 3.26. The maximum absolute atomic E-state index is 2.40. The van der Waals surface area contributed by atoms with Crippen LogP contribution in [0, 0.1) is 0 Å². The van der Waals surface area contributed by atoms with Crippen LogP contribution in [-0.2, 0) is 0 Å². The van der Waals surface area contributed by atoms with Gasteiger partial charge in [-0.3, -0.25) is 0 Å². The lowest BCUT2D eigenvalue weighted by atomic mass is 10.3. The van der Waals surface area contributed by atoms with Gasteiger partial charge in [0.2, 0.25) is 0 Å². The van der Waals surface area contributed by atoms with Crippen LogP contribution in [0.3, 0.4) is 0 Å². The molecule has 0 aliphatic carbocycles. The van der Waals surface area contributed by atoms with E-state index >= 15 is 0 Å². The summed E-state index contributed by atoms with van der Waals surface area (Å²) in [6.45, 7) is 7.97. The van der Waals surface area contributed by atoms with Gasteiger partial charge in [0.15, 0.2) is 0 Å². The Morgan fingerprint density at radius 1 is 1.14 bits per heavy atom. The molecule has 0 aromatic heterocycles. The number of nitrogens with zero attached hydrogens (tertiary/aromatic N) is 2. The molecule has 0 radical (unpaired) electrons. The van der Waals surface area contributed by atoms with Gasteiger partial charge in [0.25, 0.3) is 0 Å². The van der Waals surface area contributed by atoms with Crippen molar-refractivity contribution in [3.05, 3.63) is 12.4 Å². The van der Waals surface area contributed by atoms with E-state index in [-0.39, 0.29) is 0 Å². The van der Waals surface area contributed by atoms with Crippen molar-refractivity contribution >= 4 is 11.8 Å². The van der Waals surface area contributed by atoms with E-state index in [1.54, 1.807) is 0 Å². The molecule has 0 amide bonds. The molecule has 0 saturated heterocycles. The monoisotopic (exact) mass is 214 g/mol.